The first-order valence-electron chi connectivity index (χ1n) is 7.75. The summed E-state index contributed by atoms with van der Waals surface area (Å²) in [4.78, 5) is 25.1. The van der Waals surface area contributed by atoms with Crippen LogP contribution in [0.5, 0.6) is 11.5 Å². The number of nitrogens with one attached hydrogen (secondary N) is 1. The number of amides is 2. The molecule has 1 aliphatic heterocycles. The maximum atomic E-state index is 11.9. The number of nitrogens with zero attached hydrogens (tertiary/aromatic N) is 1. The Morgan fingerprint density at radius 2 is 2.04 bits per heavy atom. The molecule has 0 radical (unpaired) electrons. The van der Waals surface area contributed by atoms with Crippen LogP contribution in [-0.4, -0.2) is 51.1 Å². The molecule has 0 aliphatic carbocycles. The Morgan fingerprint density at radius 3 is 2.65 bits per heavy atom. The second kappa shape index (κ2) is 7.85. The molecule has 2 amide bonds. The van der Waals surface area contributed by atoms with Gasteiger partial charge in [0.2, 0.25) is 11.8 Å². The highest BCUT2D eigenvalue weighted by Gasteiger charge is 2.26. The quantitative estimate of drug-likeness (QED) is 0.820. The van der Waals surface area contributed by atoms with Crippen molar-refractivity contribution in [1.29, 1.82) is 0 Å². The van der Waals surface area contributed by atoms with Gasteiger partial charge in [-0.3, -0.25) is 9.59 Å². The zero-order valence-electron chi connectivity index (χ0n) is 13.9. The summed E-state index contributed by atoms with van der Waals surface area (Å²) in [5.74, 6) is 1.71. The average molecular weight is 320 g/mol. The lowest BCUT2D eigenvalue weighted by atomic mass is 10.1. The Hall–Kier alpha value is -2.24. The molecule has 23 heavy (non-hydrogen) atoms. The molecule has 0 aromatic heterocycles. The minimum atomic E-state index is 0.00165. The lowest BCUT2D eigenvalue weighted by Crippen LogP contribution is -2.30. The highest BCUT2D eigenvalue weighted by Crippen LogP contribution is 2.27. The van der Waals surface area contributed by atoms with Crippen molar-refractivity contribution >= 4 is 11.8 Å². The van der Waals surface area contributed by atoms with Gasteiger partial charge in [-0.1, -0.05) is 6.07 Å². The van der Waals surface area contributed by atoms with Crippen LogP contribution < -0.4 is 14.8 Å². The maximum Gasteiger partial charge on any atom is 0.222 e. The van der Waals surface area contributed by atoms with E-state index in [0.717, 1.165) is 12.1 Å². The van der Waals surface area contributed by atoms with Gasteiger partial charge in [0.25, 0.3) is 0 Å². The number of carbonyl (C=O) groups excluding carboxylic acids is 2. The number of likely N-dealkylation sites (tertiary alicyclic amines) is 1. The molecule has 0 bridgehead atoms. The van der Waals surface area contributed by atoms with Crippen molar-refractivity contribution in [3.63, 3.8) is 0 Å². The fourth-order valence-corrected chi connectivity index (χ4v) is 2.73. The van der Waals surface area contributed by atoms with Gasteiger partial charge < -0.3 is 19.7 Å². The predicted octanol–water partition coefficient (Wildman–Crippen LogP) is 1.23. The molecule has 126 valence electrons. The minimum Gasteiger partial charge on any atom is -0.493 e. The highest BCUT2D eigenvalue weighted by atomic mass is 16.5. The van der Waals surface area contributed by atoms with Crippen molar-refractivity contribution in [2.45, 2.75) is 19.3 Å². The van der Waals surface area contributed by atoms with Gasteiger partial charge in [-0.05, 0) is 24.1 Å². The largest absolute Gasteiger partial charge is 0.493 e. The second-order valence-corrected chi connectivity index (χ2v) is 5.84. The minimum absolute atomic E-state index is 0.00165. The van der Waals surface area contributed by atoms with Crippen LogP contribution in [0.2, 0.25) is 0 Å². The monoisotopic (exact) mass is 320 g/mol. The number of hydrogen-bond acceptors (Lipinski definition) is 4. The normalized spacial score (nSPS) is 17.3. The zero-order chi connectivity index (χ0) is 16.8. The Bertz CT molecular complexity index is 574. The SMILES string of the molecule is COc1ccc(CCC(=O)NCC2CC(=O)N(C)C2)cc1OC. The third-order valence-electron chi connectivity index (χ3n) is 4.10. The lowest BCUT2D eigenvalue weighted by Gasteiger charge is -2.12. The number of aryl methyl sites for hydroxylation is 1. The fraction of sp³-hybridized carbons (Fsp3) is 0.529. The van der Waals surface area contributed by atoms with Crippen molar-refractivity contribution in [1.82, 2.24) is 10.2 Å². The van der Waals surface area contributed by atoms with E-state index in [1.807, 2.05) is 18.2 Å². The van der Waals surface area contributed by atoms with Crippen molar-refractivity contribution in [2.75, 3.05) is 34.4 Å². The topological polar surface area (TPSA) is 67.9 Å². The van der Waals surface area contributed by atoms with Gasteiger partial charge >= 0.3 is 0 Å². The second-order valence-electron chi connectivity index (χ2n) is 5.84. The van der Waals surface area contributed by atoms with Gasteiger partial charge in [-0.25, -0.2) is 0 Å². The van der Waals surface area contributed by atoms with E-state index < -0.39 is 0 Å². The summed E-state index contributed by atoms with van der Waals surface area (Å²) in [7, 11) is 4.98. The molecule has 0 spiro atoms. The zero-order valence-corrected chi connectivity index (χ0v) is 13.9. The smallest absolute Gasteiger partial charge is 0.222 e. The van der Waals surface area contributed by atoms with Gasteiger partial charge in [0.1, 0.15) is 0 Å². The molecule has 0 saturated carbocycles. The number of methoxy groups -OCH3 is 2. The number of benzene rings is 1. The van der Waals surface area contributed by atoms with E-state index in [1.165, 1.54) is 0 Å². The number of hydrogen-bond donors (Lipinski definition) is 1. The molecule has 1 heterocycles. The van der Waals surface area contributed by atoms with Crippen LogP contribution in [0.1, 0.15) is 18.4 Å². The molecular weight excluding hydrogens is 296 g/mol. The average Bonchev–Trinajstić information content (AvgIpc) is 2.88. The molecule has 1 fully saturated rings. The summed E-state index contributed by atoms with van der Waals surface area (Å²) < 4.78 is 10.5. The van der Waals surface area contributed by atoms with Crippen molar-refractivity contribution in [3.8, 4) is 11.5 Å². The first-order chi connectivity index (χ1) is 11.0. The van der Waals surface area contributed by atoms with E-state index in [1.54, 1.807) is 26.2 Å². The molecule has 1 unspecified atom stereocenters. The first kappa shape index (κ1) is 17.1. The Balaban J connectivity index is 1.77. The van der Waals surface area contributed by atoms with E-state index in [9.17, 15) is 9.59 Å². The van der Waals surface area contributed by atoms with E-state index >= 15 is 0 Å². The molecular formula is C17H24N2O4. The number of rotatable bonds is 7. The van der Waals surface area contributed by atoms with Gasteiger partial charge in [0.15, 0.2) is 11.5 Å². The third kappa shape index (κ3) is 4.61. The van der Waals surface area contributed by atoms with Crippen LogP contribution >= 0.6 is 0 Å². The molecule has 1 atom stereocenters. The van der Waals surface area contributed by atoms with E-state index in [-0.39, 0.29) is 17.7 Å². The number of carbonyl (C=O) groups is 2. The lowest BCUT2D eigenvalue weighted by molar-refractivity contribution is -0.126. The molecule has 1 aromatic rings. The fourth-order valence-electron chi connectivity index (χ4n) is 2.73. The van der Waals surface area contributed by atoms with Gasteiger partial charge in [-0.2, -0.15) is 0 Å². The van der Waals surface area contributed by atoms with Gasteiger partial charge in [-0.15, -0.1) is 0 Å². The molecule has 2 rings (SSSR count). The third-order valence-corrected chi connectivity index (χ3v) is 4.10. The van der Waals surface area contributed by atoms with Crippen molar-refractivity contribution in [2.24, 2.45) is 5.92 Å². The van der Waals surface area contributed by atoms with Gasteiger partial charge in [0, 0.05) is 38.9 Å². The van der Waals surface area contributed by atoms with Crippen LogP contribution in [0.15, 0.2) is 18.2 Å². The van der Waals surface area contributed by atoms with E-state index in [0.29, 0.717) is 37.3 Å². The Labute approximate surface area is 136 Å². The standard InChI is InChI=1S/C17H24N2O4/c1-19-11-13(9-17(19)21)10-18-16(20)7-5-12-4-6-14(22-2)15(8-12)23-3/h4,6,8,13H,5,7,9-11H2,1-3H3,(H,18,20). The van der Waals surface area contributed by atoms with E-state index in [4.69, 9.17) is 9.47 Å². The van der Waals surface area contributed by atoms with Gasteiger partial charge in [0.05, 0.1) is 14.2 Å². The first-order valence-corrected chi connectivity index (χ1v) is 7.75. The molecule has 1 aliphatic rings. The summed E-state index contributed by atoms with van der Waals surface area (Å²) in [6, 6.07) is 5.65. The summed E-state index contributed by atoms with van der Waals surface area (Å²) in [6.45, 7) is 1.27. The molecule has 6 nitrogen and oxygen atoms in total. The van der Waals surface area contributed by atoms with Crippen LogP contribution in [0.4, 0.5) is 0 Å². The van der Waals surface area contributed by atoms with Crippen LogP contribution in [0.25, 0.3) is 0 Å². The molecule has 1 N–H and O–H groups in total. The molecule has 1 saturated heterocycles. The van der Waals surface area contributed by atoms with E-state index in [2.05, 4.69) is 5.32 Å². The predicted molar refractivity (Wildman–Crippen MR) is 86.6 cm³/mol. The van der Waals surface area contributed by atoms with Crippen LogP contribution in [-0.2, 0) is 16.0 Å². The van der Waals surface area contributed by atoms with Crippen molar-refractivity contribution < 1.29 is 19.1 Å². The Morgan fingerprint density at radius 1 is 1.30 bits per heavy atom. The summed E-state index contributed by atoms with van der Waals surface area (Å²) in [6.07, 6.45) is 1.56. The molecule has 1 aromatic carbocycles. The van der Waals surface area contributed by atoms with Crippen LogP contribution in [0.3, 0.4) is 0 Å². The number of ether oxygens (including phenoxy) is 2. The van der Waals surface area contributed by atoms with Crippen LogP contribution in [0, 0.1) is 5.92 Å². The maximum absolute atomic E-state index is 11.9. The summed E-state index contributed by atoms with van der Waals surface area (Å²) in [5.41, 5.74) is 1.02. The highest BCUT2D eigenvalue weighted by molar-refractivity contribution is 5.79. The van der Waals surface area contributed by atoms with Crippen molar-refractivity contribution in [3.05, 3.63) is 23.8 Å². The Kier molecular flexibility index (Phi) is 5.84. The summed E-state index contributed by atoms with van der Waals surface area (Å²) >= 11 is 0. The summed E-state index contributed by atoms with van der Waals surface area (Å²) in [5, 5.41) is 2.91. The molecule has 6 heteroatoms.